The minimum absolute atomic E-state index is 0. The van der Waals surface area contributed by atoms with Crippen LogP contribution in [0, 0.1) is 0 Å². The first-order valence-electron chi connectivity index (χ1n) is 6.83. The summed E-state index contributed by atoms with van der Waals surface area (Å²) in [5.74, 6) is 1.32. The molecule has 0 aliphatic rings. The van der Waals surface area contributed by atoms with Crippen molar-refractivity contribution in [3.63, 3.8) is 0 Å². The number of rotatable bonds is 6. The van der Waals surface area contributed by atoms with Crippen LogP contribution in [0.3, 0.4) is 0 Å². The van der Waals surface area contributed by atoms with Crippen molar-refractivity contribution in [3.8, 4) is 5.75 Å². The van der Waals surface area contributed by atoms with E-state index in [0.29, 0.717) is 12.5 Å². The summed E-state index contributed by atoms with van der Waals surface area (Å²) in [6.45, 7) is 1.31. The van der Waals surface area contributed by atoms with Gasteiger partial charge in [0.2, 0.25) is 0 Å². The number of ether oxygens (including phenoxy) is 1. The molecule has 1 aromatic carbocycles. The maximum Gasteiger partial charge on any atom is 0.188 e. The van der Waals surface area contributed by atoms with Gasteiger partial charge in [0, 0.05) is 18.9 Å². The van der Waals surface area contributed by atoms with Gasteiger partial charge in [-0.1, -0.05) is 12.1 Å². The Hall–Kier alpha value is -1.83. The summed E-state index contributed by atoms with van der Waals surface area (Å²) >= 11 is 0. The predicted molar refractivity (Wildman–Crippen MR) is 99.7 cm³/mol. The van der Waals surface area contributed by atoms with E-state index in [0.717, 1.165) is 24.3 Å². The van der Waals surface area contributed by atoms with Crippen LogP contribution < -0.4 is 15.8 Å². The maximum absolute atomic E-state index is 5.83. The van der Waals surface area contributed by atoms with Crippen LogP contribution in [0.4, 0.5) is 0 Å². The van der Waals surface area contributed by atoms with Crippen LogP contribution in [-0.4, -0.2) is 24.6 Å². The minimum Gasteiger partial charge on any atom is -0.497 e. The van der Waals surface area contributed by atoms with E-state index in [4.69, 9.17) is 10.5 Å². The number of guanidine groups is 1. The summed E-state index contributed by atoms with van der Waals surface area (Å²) in [6.07, 6.45) is 4.38. The van der Waals surface area contributed by atoms with Crippen molar-refractivity contribution in [2.75, 3.05) is 13.7 Å². The number of nitrogens with zero attached hydrogens (tertiary/aromatic N) is 2. The molecule has 0 spiro atoms. The number of benzene rings is 1. The van der Waals surface area contributed by atoms with Crippen molar-refractivity contribution >= 4 is 29.9 Å². The van der Waals surface area contributed by atoms with E-state index in [1.807, 2.05) is 36.4 Å². The number of aliphatic imine (C=N–C) groups is 1. The van der Waals surface area contributed by atoms with Gasteiger partial charge in [-0.2, -0.15) is 0 Å². The first kappa shape index (κ1) is 18.2. The van der Waals surface area contributed by atoms with Gasteiger partial charge in [0.05, 0.1) is 13.7 Å². The van der Waals surface area contributed by atoms with E-state index in [-0.39, 0.29) is 24.0 Å². The van der Waals surface area contributed by atoms with E-state index in [1.165, 1.54) is 5.56 Å². The number of nitrogens with one attached hydrogen (secondary N) is 1. The summed E-state index contributed by atoms with van der Waals surface area (Å²) < 4.78 is 5.13. The molecule has 6 heteroatoms. The minimum atomic E-state index is 0. The van der Waals surface area contributed by atoms with E-state index in [2.05, 4.69) is 15.3 Å². The summed E-state index contributed by atoms with van der Waals surface area (Å²) in [7, 11) is 1.66. The van der Waals surface area contributed by atoms with Crippen molar-refractivity contribution < 1.29 is 4.74 Å². The van der Waals surface area contributed by atoms with Crippen molar-refractivity contribution in [1.82, 2.24) is 10.3 Å². The third kappa shape index (κ3) is 6.30. The van der Waals surface area contributed by atoms with E-state index >= 15 is 0 Å². The van der Waals surface area contributed by atoms with Gasteiger partial charge in [-0.05, 0) is 41.8 Å². The fourth-order valence-electron chi connectivity index (χ4n) is 1.85. The van der Waals surface area contributed by atoms with E-state index < -0.39 is 0 Å². The third-order valence-electron chi connectivity index (χ3n) is 3.06. The van der Waals surface area contributed by atoms with Gasteiger partial charge in [0.1, 0.15) is 5.75 Å². The maximum atomic E-state index is 5.83. The molecule has 0 atom stereocenters. The normalized spacial score (nSPS) is 10.7. The fraction of sp³-hybridized carbons (Fsp3) is 0.250. The van der Waals surface area contributed by atoms with Gasteiger partial charge in [0.15, 0.2) is 5.96 Å². The lowest BCUT2D eigenvalue weighted by atomic mass is 10.1. The number of hydrogen-bond acceptors (Lipinski definition) is 3. The van der Waals surface area contributed by atoms with Crippen LogP contribution in [0.5, 0.6) is 5.75 Å². The Bertz CT molecular complexity index is 572. The Labute approximate surface area is 148 Å². The molecule has 0 fully saturated rings. The molecule has 0 radical (unpaired) electrons. The van der Waals surface area contributed by atoms with Gasteiger partial charge in [-0.25, -0.2) is 4.99 Å². The summed E-state index contributed by atoms with van der Waals surface area (Å²) in [4.78, 5) is 8.25. The Balaban J connectivity index is 0.00000242. The predicted octanol–water partition coefficient (Wildman–Crippen LogP) is 2.36. The zero-order valence-corrected chi connectivity index (χ0v) is 14.9. The molecule has 5 nitrogen and oxygen atoms in total. The molecule has 118 valence electrons. The first-order chi connectivity index (χ1) is 10.3. The molecule has 1 heterocycles. The fourth-order valence-corrected chi connectivity index (χ4v) is 1.85. The lowest BCUT2D eigenvalue weighted by Gasteiger charge is -2.06. The molecule has 0 aliphatic carbocycles. The molecule has 0 bridgehead atoms. The molecule has 3 N–H and O–H groups in total. The van der Waals surface area contributed by atoms with Crippen molar-refractivity contribution in [2.45, 2.75) is 13.0 Å². The number of nitrogens with two attached hydrogens (primary N) is 1. The standard InChI is InChI=1S/C16H20N4O.HI/c1-21-15-4-2-13(3-5-15)8-11-19-16(17)20-12-14-6-9-18-10-7-14;/h2-7,9-10H,8,11-12H2,1H3,(H3,17,19,20);1H. The molecular formula is C16H21IN4O. The Morgan fingerprint density at radius 3 is 2.45 bits per heavy atom. The smallest absolute Gasteiger partial charge is 0.188 e. The molecule has 0 saturated carbocycles. The highest BCUT2D eigenvalue weighted by molar-refractivity contribution is 14.0. The van der Waals surface area contributed by atoms with Crippen LogP contribution >= 0.6 is 24.0 Å². The zero-order valence-electron chi connectivity index (χ0n) is 12.5. The lowest BCUT2D eigenvalue weighted by molar-refractivity contribution is 0.414. The van der Waals surface area contributed by atoms with Gasteiger partial charge >= 0.3 is 0 Å². The lowest BCUT2D eigenvalue weighted by Crippen LogP contribution is -2.33. The number of pyridine rings is 1. The number of halogens is 1. The average Bonchev–Trinajstić information content (AvgIpc) is 2.54. The Morgan fingerprint density at radius 1 is 1.14 bits per heavy atom. The number of aromatic nitrogens is 1. The van der Waals surface area contributed by atoms with Crippen LogP contribution in [-0.2, 0) is 13.0 Å². The molecular weight excluding hydrogens is 391 g/mol. The highest BCUT2D eigenvalue weighted by atomic mass is 127. The second kappa shape index (κ2) is 9.99. The molecule has 0 aliphatic heterocycles. The Kier molecular flexibility index (Phi) is 8.27. The molecule has 0 saturated heterocycles. The van der Waals surface area contributed by atoms with Crippen molar-refractivity contribution in [2.24, 2.45) is 10.7 Å². The summed E-state index contributed by atoms with van der Waals surface area (Å²) in [5, 5.41) is 3.11. The average molecular weight is 412 g/mol. The van der Waals surface area contributed by atoms with Crippen LogP contribution in [0.25, 0.3) is 0 Å². The number of methoxy groups -OCH3 is 1. The largest absolute Gasteiger partial charge is 0.497 e. The van der Waals surface area contributed by atoms with Crippen LogP contribution in [0.2, 0.25) is 0 Å². The molecule has 22 heavy (non-hydrogen) atoms. The molecule has 0 amide bonds. The first-order valence-corrected chi connectivity index (χ1v) is 6.83. The van der Waals surface area contributed by atoms with Gasteiger partial charge in [0.25, 0.3) is 0 Å². The molecule has 0 unspecified atom stereocenters. The molecule has 2 aromatic rings. The van der Waals surface area contributed by atoms with Crippen LogP contribution in [0.15, 0.2) is 53.8 Å². The topological polar surface area (TPSA) is 72.5 Å². The van der Waals surface area contributed by atoms with Gasteiger partial charge in [-0.3, -0.25) is 4.98 Å². The molecule has 1 aromatic heterocycles. The van der Waals surface area contributed by atoms with Gasteiger partial charge in [-0.15, -0.1) is 24.0 Å². The quantitative estimate of drug-likeness (QED) is 0.434. The Morgan fingerprint density at radius 2 is 1.82 bits per heavy atom. The SMILES string of the molecule is COc1ccc(CCNC(N)=NCc2ccncc2)cc1.I. The summed E-state index contributed by atoms with van der Waals surface area (Å²) in [6, 6.07) is 11.9. The van der Waals surface area contributed by atoms with E-state index in [9.17, 15) is 0 Å². The second-order valence-corrected chi connectivity index (χ2v) is 4.58. The summed E-state index contributed by atoms with van der Waals surface area (Å²) in [5.41, 5.74) is 8.15. The second-order valence-electron chi connectivity index (χ2n) is 4.58. The van der Waals surface area contributed by atoms with Crippen molar-refractivity contribution in [3.05, 3.63) is 59.9 Å². The third-order valence-corrected chi connectivity index (χ3v) is 3.06. The van der Waals surface area contributed by atoms with Crippen LogP contribution in [0.1, 0.15) is 11.1 Å². The monoisotopic (exact) mass is 412 g/mol. The zero-order chi connectivity index (χ0) is 14.9. The molecule has 2 rings (SSSR count). The van der Waals surface area contributed by atoms with Crippen molar-refractivity contribution in [1.29, 1.82) is 0 Å². The van der Waals surface area contributed by atoms with Gasteiger partial charge < -0.3 is 15.8 Å². The highest BCUT2D eigenvalue weighted by Crippen LogP contribution is 2.11. The number of hydrogen-bond donors (Lipinski definition) is 2. The highest BCUT2D eigenvalue weighted by Gasteiger charge is 1.96. The van der Waals surface area contributed by atoms with E-state index in [1.54, 1.807) is 19.5 Å².